The van der Waals surface area contributed by atoms with Crippen LogP contribution in [0.4, 0.5) is 0 Å². The minimum Gasteiger partial charge on any atom is -0.390 e. The monoisotopic (exact) mass is 430 g/mol. The largest absolute Gasteiger partial charge is 0.390 e. The molecule has 0 aromatic rings. The van der Waals surface area contributed by atoms with E-state index in [2.05, 4.69) is 39.5 Å². The number of hydrogen-bond acceptors (Lipinski definition) is 3. The molecule has 3 rings (SSSR count). The fraction of sp³-hybridized carbons (Fsp3) is 0.786. The molecule has 0 spiro atoms. The molecular weight excluding hydrogens is 384 g/mol. The molecule has 3 N–H and O–H groups in total. The normalized spacial score (nSPS) is 37.6. The lowest BCUT2D eigenvalue weighted by atomic mass is 9.59. The van der Waals surface area contributed by atoms with Crippen LogP contribution in [0.2, 0.25) is 0 Å². The molecule has 3 aliphatic rings. The molecule has 3 aliphatic carbocycles. The molecule has 31 heavy (non-hydrogen) atoms. The molecule has 176 valence electrons. The van der Waals surface area contributed by atoms with Gasteiger partial charge in [-0.3, -0.25) is 0 Å². The Morgan fingerprint density at radius 2 is 1.77 bits per heavy atom. The summed E-state index contributed by atoms with van der Waals surface area (Å²) in [5, 5.41) is 30.5. The highest BCUT2D eigenvalue weighted by Gasteiger charge is 2.51. The van der Waals surface area contributed by atoms with Crippen LogP contribution in [0.3, 0.4) is 0 Å². The summed E-state index contributed by atoms with van der Waals surface area (Å²) in [7, 11) is 0. The van der Waals surface area contributed by atoms with Crippen molar-refractivity contribution in [2.24, 2.45) is 29.1 Å². The molecule has 0 bridgehead atoms. The van der Waals surface area contributed by atoms with Crippen LogP contribution in [0.1, 0.15) is 92.4 Å². The number of aliphatic hydroxyl groups excluding tert-OH is 2. The van der Waals surface area contributed by atoms with Crippen LogP contribution in [-0.2, 0) is 0 Å². The number of aliphatic hydroxyl groups is 3. The lowest BCUT2D eigenvalue weighted by molar-refractivity contribution is 0.0447. The van der Waals surface area contributed by atoms with Crippen LogP contribution in [0, 0.1) is 29.1 Å². The Hall–Kier alpha value is -0.900. The summed E-state index contributed by atoms with van der Waals surface area (Å²) >= 11 is 0. The third-order valence-corrected chi connectivity index (χ3v) is 9.08. The predicted octanol–water partition coefficient (Wildman–Crippen LogP) is 5.95. The molecule has 1 unspecified atom stereocenters. The van der Waals surface area contributed by atoms with Gasteiger partial charge in [-0.1, -0.05) is 50.6 Å². The average Bonchev–Trinajstić information content (AvgIpc) is 3.04. The van der Waals surface area contributed by atoms with E-state index in [1.165, 1.54) is 32.1 Å². The van der Waals surface area contributed by atoms with Crippen molar-refractivity contribution in [1.82, 2.24) is 0 Å². The van der Waals surface area contributed by atoms with E-state index in [0.717, 1.165) is 24.3 Å². The van der Waals surface area contributed by atoms with Crippen molar-refractivity contribution in [3.63, 3.8) is 0 Å². The van der Waals surface area contributed by atoms with Gasteiger partial charge in [0.15, 0.2) is 0 Å². The second-order valence-electron chi connectivity index (χ2n) is 11.9. The molecule has 7 atom stereocenters. The summed E-state index contributed by atoms with van der Waals surface area (Å²) in [6.07, 6.45) is 12.8. The summed E-state index contributed by atoms with van der Waals surface area (Å²) < 4.78 is 0. The third-order valence-electron chi connectivity index (χ3n) is 9.08. The fourth-order valence-corrected chi connectivity index (χ4v) is 6.81. The summed E-state index contributed by atoms with van der Waals surface area (Å²) in [6, 6.07) is 0. The summed E-state index contributed by atoms with van der Waals surface area (Å²) in [6.45, 7) is 15.0. The van der Waals surface area contributed by atoms with Gasteiger partial charge in [-0.05, 0) is 106 Å². The van der Waals surface area contributed by atoms with Crippen molar-refractivity contribution in [3.8, 4) is 0 Å². The lowest BCUT2D eigenvalue weighted by Gasteiger charge is -2.45. The first-order valence-corrected chi connectivity index (χ1v) is 12.6. The lowest BCUT2D eigenvalue weighted by Crippen LogP contribution is -2.37. The van der Waals surface area contributed by atoms with Crippen molar-refractivity contribution in [3.05, 3.63) is 35.5 Å². The molecule has 3 saturated carbocycles. The number of fused-ring (bicyclic) bond motifs is 1. The maximum Gasteiger partial charge on any atom is 0.0809 e. The summed E-state index contributed by atoms with van der Waals surface area (Å²) in [4.78, 5) is 0. The second-order valence-corrected chi connectivity index (χ2v) is 11.9. The standard InChI is InChI=1S/C28H46O3/c1-18(13-15-27(4,5)31)19(2)23-11-12-24-22(8-7-14-28(23,24)6)10-9-21-16-25(29)20(3)26(30)17-21/h9-10,18-19,23-26,29-31H,3,7-8,11-17H2,1-2,4-6H3/t18-,19-,23-,24?,25-,26-,28-/m1/s1. The Balaban J connectivity index is 1.71. The van der Waals surface area contributed by atoms with E-state index in [1.807, 2.05) is 13.8 Å². The van der Waals surface area contributed by atoms with E-state index in [1.54, 1.807) is 5.57 Å². The zero-order valence-electron chi connectivity index (χ0n) is 20.5. The number of hydrogen-bond donors (Lipinski definition) is 3. The highest BCUT2D eigenvalue weighted by Crippen LogP contribution is 2.60. The Morgan fingerprint density at radius 3 is 2.39 bits per heavy atom. The van der Waals surface area contributed by atoms with Crippen LogP contribution in [-0.4, -0.2) is 33.1 Å². The average molecular weight is 431 g/mol. The van der Waals surface area contributed by atoms with E-state index < -0.39 is 17.8 Å². The van der Waals surface area contributed by atoms with Gasteiger partial charge in [-0.15, -0.1) is 0 Å². The van der Waals surface area contributed by atoms with Crippen molar-refractivity contribution in [1.29, 1.82) is 0 Å². The Kier molecular flexibility index (Phi) is 7.61. The molecule has 0 amide bonds. The van der Waals surface area contributed by atoms with Gasteiger partial charge in [-0.25, -0.2) is 0 Å². The predicted molar refractivity (Wildman–Crippen MR) is 129 cm³/mol. The van der Waals surface area contributed by atoms with Crippen LogP contribution in [0.25, 0.3) is 0 Å². The van der Waals surface area contributed by atoms with E-state index in [9.17, 15) is 15.3 Å². The zero-order chi connectivity index (χ0) is 23.0. The van der Waals surface area contributed by atoms with Crippen molar-refractivity contribution < 1.29 is 15.3 Å². The molecule has 0 radical (unpaired) electrons. The van der Waals surface area contributed by atoms with Crippen LogP contribution < -0.4 is 0 Å². The topological polar surface area (TPSA) is 60.7 Å². The van der Waals surface area contributed by atoms with Crippen molar-refractivity contribution >= 4 is 0 Å². The van der Waals surface area contributed by atoms with E-state index in [-0.39, 0.29) is 0 Å². The maximum atomic E-state index is 10.2. The molecule has 0 aromatic carbocycles. The SMILES string of the molecule is C=C1[C@H](O)CC(=CC=C2CCC[C@@]3(C)C2CC[C@@H]3[C@H](C)[C@H](C)CCC(C)(C)O)C[C@H]1O. The first-order valence-electron chi connectivity index (χ1n) is 12.6. The van der Waals surface area contributed by atoms with Crippen LogP contribution in [0.15, 0.2) is 35.5 Å². The number of rotatable bonds is 6. The van der Waals surface area contributed by atoms with Crippen LogP contribution >= 0.6 is 0 Å². The van der Waals surface area contributed by atoms with Gasteiger partial charge in [0, 0.05) is 0 Å². The maximum absolute atomic E-state index is 10.2. The molecule has 0 aliphatic heterocycles. The van der Waals surface area contributed by atoms with Gasteiger partial charge in [-0.2, -0.15) is 0 Å². The quantitative estimate of drug-likeness (QED) is 0.456. The van der Waals surface area contributed by atoms with Gasteiger partial charge in [0.2, 0.25) is 0 Å². The van der Waals surface area contributed by atoms with Gasteiger partial charge in [0.05, 0.1) is 17.8 Å². The van der Waals surface area contributed by atoms with E-state index in [4.69, 9.17) is 0 Å². The zero-order valence-corrected chi connectivity index (χ0v) is 20.5. The van der Waals surface area contributed by atoms with Gasteiger partial charge >= 0.3 is 0 Å². The highest BCUT2D eigenvalue weighted by molar-refractivity contribution is 5.29. The van der Waals surface area contributed by atoms with Gasteiger partial charge in [0.1, 0.15) is 0 Å². The van der Waals surface area contributed by atoms with Gasteiger partial charge in [0.25, 0.3) is 0 Å². The first kappa shape index (κ1) is 24.7. The molecular formula is C28H46O3. The van der Waals surface area contributed by atoms with Crippen molar-refractivity contribution in [2.75, 3.05) is 0 Å². The molecule has 3 heteroatoms. The first-order chi connectivity index (χ1) is 14.4. The van der Waals surface area contributed by atoms with E-state index in [0.29, 0.717) is 41.6 Å². The highest BCUT2D eigenvalue weighted by atomic mass is 16.3. The smallest absolute Gasteiger partial charge is 0.0809 e. The van der Waals surface area contributed by atoms with Crippen molar-refractivity contribution in [2.45, 2.75) is 110 Å². The molecule has 3 nitrogen and oxygen atoms in total. The Bertz CT molecular complexity index is 696. The third kappa shape index (κ3) is 5.54. The Morgan fingerprint density at radius 1 is 1.13 bits per heavy atom. The summed E-state index contributed by atoms with van der Waals surface area (Å²) in [5.74, 6) is 2.69. The second kappa shape index (κ2) is 9.53. The van der Waals surface area contributed by atoms with Gasteiger partial charge < -0.3 is 15.3 Å². The molecule has 0 heterocycles. The molecule has 3 fully saturated rings. The van der Waals surface area contributed by atoms with Crippen LogP contribution in [0.5, 0.6) is 0 Å². The fourth-order valence-electron chi connectivity index (χ4n) is 6.81. The van der Waals surface area contributed by atoms with E-state index >= 15 is 0 Å². The minimum absolute atomic E-state index is 0.366. The summed E-state index contributed by atoms with van der Waals surface area (Å²) in [5.41, 5.74) is 3.06. The Labute approximate surface area is 190 Å². The molecule has 0 saturated heterocycles. The minimum atomic E-state index is -0.618. The number of allylic oxidation sites excluding steroid dienone is 3. The molecule has 0 aromatic heterocycles.